The van der Waals surface area contributed by atoms with Gasteiger partial charge in [-0.15, -0.1) is 0 Å². The lowest BCUT2D eigenvalue weighted by molar-refractivity contribution is -0.137. The van der Waals surface area contributed by atoms with Crippen LogP contribution in [0, 0.1) is 5.92 Å². The number of aromatic nitrogens is 2. The predicted octanol–water partition coefficient (Wildman–Crippen LogP) is 5.90. The molecular formula is C33H33ClN4O4. The minimum atomic E-state index is -1.10. The molecule has 0 bridgehead atoms. The molecule has 1 aromatic heterocycles. The van der Waals surface area contributed by atoms with E-state index in [0.717, 1.165) is 37.9 Å². The van der Waals surface area contributed by atoms with Crippen molar-refractivity contribution in [2.24, 2.45) is 5.92 Å². The summed E-state index contributed by atoms with van der Waals surface area (Å²) in [5, 5.41) is 10.1. The van der Waals surface area contributed by atoms with Gasteiger partial charge in [0.2, 0.25) is 5.95 Å². The van der Waals surface area contributed by atoms with Crippen molar-refractivity contribution in [2.45, 2.75) is 32.4 Å². The number of hydrogen-bond donors (Lipinski definition) is 1. The van der Waals surface area contributed by atoms with Crippen LogP contribution in [-0.2, 0) is 24.4 Å². The molecule has 0 saturated carbocycles. The molecule has 1 aliphatic heterocycles. The van der Waals surface area contributed by atoms with E-state index in [1.54, 1.807) is 24.3 Å². The molecule has 0 unspecified atom stereocenters. The van der Waals surface area contributed by atoms with Gasteiger partial charge < -0.3 is 19.6 Å². The number of halogens is 1. The van der Waals surface area contributed by atoms with Crippen molar-refractivity contribution in [1.29, 1.82) is 0 Å². The van der Waals surface area contributed by atoms with Crippen LogP contribution in [0.4, 0.5) is 5.95 Å². The normalized spacial score (nSPS) is 13.5. The quantitative estimate of drug-likeness (QED) is 0.235. The second kappa shape index (κ2) is 14.0. The van der Waals surface area contributed by atoms with Gasteiger partial charge in [0.05, 0.1) is 11.3 Å². The number of rotatable bonds is 11. The fourth-order valence-corrected chi connectivity index (χ4v) is 5.28. The second-order valence-electron chi connectivity index (χ2n) is 10.4. The van der Waals surface area contributed by atoms with Crippen LogP contribution in [0.25, 0.3) is 0 Å². The number of carboxylic acid groups (broad SMARTS) is 1. The van der Waals surface area contributed by atoms with Crippen molar-refractivity contribution in [2.75, 3.05) is 24.5 Å². The molecule has 2 heterocycles. The zero-order valence-corrected chi connectivity index (χ0v) is 24.0. The van der Waals surface area contributed by atoms with Gasteiger partial charge in [0.1, 0.15) is 18.9 Å². The fraction of sp³-hybridized carbons (Fsp3) is 0.273. The van der Waals surface area contributed by atoms with Crippen LogP contribution in [0.5, 0.6) is 5.75 Å². The summed E-state index contributed by atoms with van der Waals surface area (Å²) in [4.78, 5) is 38.3. The molecule has 0 spiro atoms. The maximum Gasteiger partial charge on any atom is 0.323 e. The van der Waals surface area contributed by atoms with Gasteiger partial charge in [-0.2, -0.15) is 0 Å². The Morgan fingerprint density at radius 2 is 1.57 bits per heavy atom. The highest BCUT2D eigenvalue weighted by atomic mass is 35.5. The number of anilines is 1. The molecule has 8 nitrogen and oxygen atoms in total. The number of piperidine rings is 1. The summed E-state index contributed by atoms with van der Waals surface area (Å²) < 4.78 is 5.99. The Morgan fingerprint density at radius 3 is 2.21 bits per heavy atom. The summed E-state index contributed by atoms with van der Waals surface area (Å²) in [5.41, 5.74) is 2.78. The maximum atomic E-state index is 13.8. The molecule has 3 aromatic carbocycles. The van der Waals surface area contributed by atoms with E-state index >= 15 is 0 Å². The van der Waals surface area contributed by atoms with E-state index in [9.17, 15) is 14.7 Å². The fourth-order valence-electron chi connectivity index (χ4n) is 5.15. The predicted molar refractivity (Wildman–Crippen MR) is 162 cm³/mol. The third-order valence-electron chi connectivity index (χ3n) is 7.37. The third-order valence-corrected chi connectivity index (χ3v) is 7.62. The van der Waals surface area contributed by atoms with Crippen LogP contribution in [0.15, 0.2) is 91.1 Å². The Balaban J connectivity index is 1.36. The SMILES string of the molecule is O=C(O)CN(Cc1ccccc1)C(=O)c1cnc(N2CCC(Cc3ccccc3)CC2)nc1COc1ccc(Cl)cc1. The lowest BCUT2D eigenvalue weighted by Gasteiger charge is -2.32. The van der Waals surface area contributed by atoms with E-state index in [2.05, 4.69) is 34.1 Å². The smallest absolute Gasteiger partial charge is 0.323 e. The minimum Gasteiger partial charge on any atom is -0.487 e. The second-order valence-corrected chi connectivity index (χ2v) is 10.9. The van der Waals surface area contributed by atoms with Gasteiger partial charge in [0.15, 0.2) is 0 Å². The van der Waals surface area contributed by atoms with Gasteiger partial charge in [0.25, 0.3) is 5.91 Å². The van der Waals surface area contributed by atoms with E-state index in [0.29, 0.717) is 28.3 Å². The topological polar surface area (TPSA) is 95.9 Å². The molecule has 42 heavy (non-hydrogen) atoms. The number of carbonyl (C=O) groups excluding carboxylic acids is 1. The largest absolute Gasteiger partial charge is 0.487 e. The van der Waals surface area contributed by atoms with E-state index < -0.39 is 18.4 Å². The molecule has 0 atom stereocenters. The number of nitrogens with zero attached hydrogens (tertiary/aromatic N) is 4. The summed E-state index contributed by atoms with van der Waals surface area (Å²) >= 11 is 6.02. The number of carboxylic acids is 1. The Bertz CT molecular complexity index is 1480. The van der Waals surface area contributed by atoms with Crippen molar-refractivity contribution in [3.8, 4) is 5.75 Å². The third kappa shape index (κ3) is 7.85. The number of benzene rings is 3. The van der Waals surface area contributed by atoms with E-state index in [-0.39, 0.29) is 18.7 Å². The lowest BCUT2D eigenvalue weighted by atomic mass is 9.90. The number of ether oxygens (including phenoxy) is 1. The summed E-state index contributed by atoms with van der Waals surface area (Å²) in [6.07, 6.45) is 4.57. The zero-order chi connectivity index (χ0) is 29.3. The van der Waals surface area contributed by atoms with Crippen molar-refractivity contribution in [1.82, 2.24) is 14.9 Å². The first kappa shape index (κ1) is 29.1. The highest BCUT2D eigenvalue weighted by Gasteiger charge is 2.26. The highest BCUT2D eigenvalue weighted by molar-refractivity contribution is 6.30. The molecule has 5 rings (SSSR count). The van der Waals surface area contributed by atoms with Crippen molar-refractivity contribution >= 4 is 29.4 Å². The molecule has 1 N–H and O–H groups in total. The van der Waals surface area contributed by atoms with E-state index in [1.165, 1.54) is 16.7 Å². The van der Waals surface area contributed by atoms with Crippen molar-refractivity contribution < 1.29 is 19.4 Å². The molecule has 4 aromatic rings. The van der Waals surface area contributed by atoms with Crippen LogP contribution in [0.3, 0.4) is 0 Å². The van der Waals surface area contributed by atoms with Crippen LogP contribution in [-0.4, -0.2) is 51.5 Å². The van der Waals surface area contributed by atoms with E-state index in [1.807, 2.05) is 36.4 Å². The molecule has 9 heteroatoms. The maximum absolute atomic E-state index is 13.8. The van der Waals surface area contributed by atoms with Crippen LogP contribution < -0.4 is 9.64 Å². The number of amides is 1. The Morgan fingerprint density at radius 1 is 0.929 bits per heavy atom. The van der Waals surface area contributed by atoms with Gasteiger partial charge in [0, 0.05) is 30.9 Å². The summed E-state index contributed by atoms with van der Waals surface area (Å²) in [7, 11) is 0. The van der Waals surface area contributed by atoms with Gasteiger partial charge in [-0.1, -0.05) is 72.3 Å². The monoisotopic (exact) mass is 584 g/mol. The highest BCUT2D eigenvalue weighted by Crippen LogP contribution is 2.26. The summed E-state index contributed by atoms with van der Waals surface area (Å²) in [5.74, 6) is 0.122. The standard InChI is InChI=1S/C33H33ClN4O4/c34-27-11-13-28(14-12-27)42-23-30-29(32(41)38(22-31(39)40)21-26-9-5-2-6-10-26)20-35-33(36-30)37-17-15-25(16-18-37)19-24-7-3-1-4-8-24/h1-14,20,25H,15-19,21-23H2,(H,39,40). The number of hydrogen-bond acceptors (Lipinski definition) is 6. The van der Waals surface area contributed by atoms with Gasteiger partial charge in [-0.25, -0.2) is 9.97 Å². The number of aliphatic carboxylic acids is 1. The Labute approximate surface area is 250 Å². The lowest BCUT2D eigenvalue weighted by Crippen LogP contribution is -2.37. The molecule has 1 aliphatic rings. The molecule has 0 radical (unpaired) electrons. The van der Waals surface area contributed by atoms with E-state index in [4.69, 9.17) is 21.3 Å². The molecule has 216 valence electrons. The molecule has 1 saturated heterocycles. The van der Waals surface area contributed by atoms with Gasteiger partial charge >= 0.3 is 5.97 Å². The van der Waals surface area contributed by atoms with Crippen molar-refractivity contribution in [3.63, 3.8) is 0 Å². The van der Waals surface area contributed by atoms with Gasteiger partial charge in [-0.05, 0) is 60.6 Å². The summed E-state index contributed by atoms with van der Waals surface area (Å²) in [6.45, 7) is 1.31. The molecular weight excluding hydrogens is 552 g/mol. The van der Waals surface area contributed by atoms with Crippen LogP contribution in [0.2, 0.25) is 5.02 Å². The first-order valence-corrected chi connectivity index (χ1v) is 14.4. The Kier molecular flexibility index (Phi) is 9.66. The first-order chi connectivity index (χ1) is 20.4. The number of carbonyl (C=O) groups is 2. The molecule has 0 aliphatic carbocycles. The van der Waals surface area contributed by atoms with Crippen LogP contribution in [0.1, 0.15) is 40.0 Å². The zero-order valence-electron chi connectivity index (χ0n) is 23.2. The Hall–Kier alpha value is -4.43. The average molecular weight is 585 g/mol. The first-order valence-electron chi connectivity index (χ1n) is 14.0. The van der Waals surface area contributed by atoms with Crippen molar-refractivity contribution in [3.05, 3.63) is 119 Å². The summed E-state index contributed by atoms with van der Waals surface area (Å²) in [6, 6.07) is 26.8. The molecule has 1 amide bonds. The minimum absolute atomic E-state index is 0.00888. The van der Waals surface area contributed by atoms with Crippen LogP contribution >= 0.6 is 11.6 Å². The van der Waals surface area contributed by atoms with Gasteiger partial charge in [-0.3, -0.25) is 9.59 Å². The molecule has 1 fully saturated rings. The average Bonchev–Trinajstić information content (AvgIpc) is 3.01.